The quantitative estimate of drug-likeness (QED) is 0.281. The topological polar surface area (TPSA) is 145 Å². The van der Waals surface area contributed by atoms with Gasteiger partial charge in [-0.1, -0.05) is 72.8 Å². The molecule has 2 heterocycles. The average molecular weight is 704 g/mol. The Labute approximate surface area is 281 Å². The largest absolute Gasteiger partial charge is 0.368 e. The highest BCUT2D eigenvalue weighted by molar-refractivity contribution is 7.92. The molecule has 9 nitrogen and oxygen atoms in total. The van der Waals surface area contributed by atoms with Crippen molar-refractivity contribution in [2.24, 2.45) is 5.73 Å². The summed E-state index contributed by atoms with van der Waals surface area (Å²) in [6, 6.07) is 19.6. The van der Waals surface area contributed by atoms with E-state index in [2.05, 4.69) is 10.6 Å². The van der Waals surface area contributed by atoms with Crippen molar-refractivity contribution in [1.29, 1.82) is 0 Å². The molecule has 2 saturated heterocycles. The molecule has 260 valence electrons. The first kappa shape index (κ1) is 36.1. The van der Waals surface area contributed by atoms with Gasteiger partial charge in [0.2, 0.25) is 5.91 Å². The van der Waals surface area contributed by atoms with Gasteiger partial charge in [0.15, 0.2) is 19.7 Å². The summed E-state index contributed by atoms with van der Waals surface area (Å²) in [6.07, 6.45) is -4.13. The van der Waals surface area contributed by atoms with Crippen LogP contribution in [0.3, 0.4) is 0 Å². The summed E-state index contributed by atoms with van der Waals surface area (Å²) >= 11 is 0. The molecule has 0 aromatic heterocycles. The van der Waals surface area contributed by atoms with Gasteiger partial charge in [-0.05, 0) is 61.6 Å². The van der Waals surface area contributed by atoms with Gasteiger partial charge in [-0.2, -0.15) is 0 Å². The lowest BCUT2D eigenvalue weighted by atomic mass is 9.86. The normalized spacial score (nSPS) is 28.3. The second-order valence-electron chi connectivity index (χ2n) is 13.2. The maximum atomic E-state index is 17.0. The number of alkyl halides is 2. The number of hydrogen-bond acceptors (Lipinski definition) is 8. The molecule has 0 spiro atoms. The van der Waals surface area contributed by atoms with E-state index < -0.39 is 83.2 Å². The van der Waals surface area contributed by atoms with Gasteiger partial charge in [-0.15, -0.1) is 0 Å². The maximum absolute atomic E-state index is 17.0. The minimum atomic E-state index is -4.11. The molecule has 3 aromatic carbocycles. The highest BCUT2D eigenvalue weighted by Gasteiger charge is 2.50. The van der Waals surface area contributed by atoms with Gasteiger partial charge in [-0.25, -0.2) is 25.6 Å². The Morgan fingerprint density at radius 3 is 1.73 bits per heavy atom. The minimum absolute atomic E-state index is 0.0486. The molecule has 4 unspecified atom stereocenters. The number of halogens is 2. The Morgan fingerprint density at radius 2 is 1.27 bits per heavy atom. The second kappa shape index (κ2) is 13.9. The van der Waals surface area contributed by atoms with E-state index in [0.29, 0.717) is 11.1 Å². The predicted molar refractivity (Wildman–Crippen MR) is 181 cm³/mol. The Bertz CT molecular complexity index is 1830. The maximum Gasteiger partial charge on any atom is 0.243 e. The molecule has 8 atom stereocenters. The number of benzene rings is 3. The molecule has 2 aliphatic rings. The highest BCUT2D eigenvalue weighted by atomic mass is 32.2. The zero-order chi connectivity index (χ0) is 35.0. The van der Waals surface area contributed by atoms with Crippen molar-refractivity contribution >= 4 is 25.6 Å². The van der Waals surface area contributed by atoms with Crippen LogP contribution in [-0.2, 0) is 34.8 Å². The molecular formula is C35H43F2N3O6S2. The predicted octanol–water partition coefficient (Wildman–Crippen LogP) is 4.48. The number of primary amides is 1. The summed E-state index contributed by atoms with van der Waals surface area (Å²) in [4.78, 5) is 11.7. The molecule has 2 aliphatic heterocycles. The van der Waals surface area contributed by atoms with Crippen LogP contribution in [0.5, 0.6) is 0 Å². The fraction of sp³-hybridized carbons (Fsp3) is 0.457. The van der Waals surface area contributed by atoms with Crippen LogP contribution >= 0.6 is 0 Å². The van der Waals surface area contributed by atoms with E-state index in [1.165, 1.54) is 32.0 Å². The molecule has 0 saturated carbocycles. The van der Waals surface area contributed by atoms with E-state index in [0.717, 1.165) is 0 Å². The van der Waals surface area contributed by atoms with Crippen LogP contribution in [-0.4, -0.2) is 65.0 Å². The first-order valence-electron chi connectivity index (χ1n) is 15.9. The fourth-order valence-corrected chi connectivity index (χ4v) is 11.8. The number of ether oxygens (including phenoxy) is 1. The van der Waals surface area contributed by atoms with E-state index in [4.69, 9.17) is 10.5 Å². The Balaban J connectivity index is 1.57. The van der Waals surface area contributed by atoms with E-state index in [-0.39, 0.29) is 29.8 Å². The highest BCUT2D eigenvalue weighted by Crippen LogP contribution is 2.44. The molecule has 13 heteroatoms. The van der Waals surface area contributed by atoms with Crippen molar-refractivity contribution in [3.63, 3.8) is 0 Å². The molecule has 2 fully saturated rings. The number of amides is 1. The van der Waals surface area contributed by atoms with Crippen LogP contribution in [0.2, 0.25) is 0 Å². The van der Waals surface area contributed by atoms with Crippen LogP contribution in [0.4, 0.5) is 8.78 Å². The molecule has 48 heavy (non-hydrogen) atoms. The molecule has 0 bridgehead atoms. The third-order valence-electron chi connectivity index (χ3n) is 9.62. The van der Waals surface area contributed by atoms with Crippen LogP contribution in [0, 0.1) is 0 Å². The van der Waals surface area contributed by atoms with Gasteiger partial charge in [0.25, 0.3) is 0 Å². The molecular weight excluding hydrogens is 661 g/mol. The van der Waals surface area contributed by atoms with Gasteiger partial charge >= 0.3 is 0 Å². The third kappa shape index (κ3) is 6.93. The number of hydrogen-bond donors (Lipinski definition) is 3. The van der Waals surface area contributed by atoms with Crippen LogP contribution in [0.15, 0.2) is 78.9 Å². The van der Waals surface area contributed by atoms with Crippen LogP contribution in [0.1, 0.15) is 78.4 Å². The lowest BCUT2D eigenvalue weighted by Gasteiger charge is -2.39. The van der Waals surface area contributed by atoms with Crippen molar-refractivity contribution in [3.8, 4) is 0 Å². The standard InChI is InChI=1S/C35H43F2N3O6S2/c1-21-33(47(42,43)28(18-39-21)23-11-7-5-8-12-23)31(36)25-15-16-26(27(17-25)35(3,4)46-20-30(38)41)32(37)34-22(2)40-19-29(48(34,44)45)24-13-9-6-10-14-24/h5-17,21-22,28-29,31-34,39-40H,18-20H2,1-4H3,(H2,38,41)/t21-,22-,28-,29-,31?,32?,33?,34?/m0/s1. The summed E-state index contributed by atoms with van der Waals surface area (Å²) in [5.41, 5.74) is 4.90. The van der Waals surface area contributed by atoms with E-state index in [9.17, 15) is 21.6 Å². The van der Waals surface area contributed by atoms with Gasteiger partial charge in [0.1, 0.15) is 29.5 Å². The SMILES string of the molecule is C[C@@H]1NC[C@@H](c2ccccc2)S(=O)(=O)C1C(F)c1ccc(C(F)C2[C@H](C)NC[C@@H](c3ccccc3)S2(=O)=O)c(C(C)(C)OCC(N)=O)c1. The van der Waals surface area contributed by atoms with Crippen LogP contribution < -0.4 is 16.4 Å². The molecule has 0 aliphatic carbocycles. The average Bonchev–Trinajstić information content (AvgIpc) is 3.03. The zero-order valence-electron chi connectivity index (χ0n) is 27.3. The Hall–Kier alpha value is -3.23. The summed E-state index contributed by atoms with van der Waals surface area (Å²) in [5, 5.41) is 1.29. The minimum Gasteiger partial charge on any atom is -0.368 e. The summed E-state index contributed by atoms with van der Waals surface area (Å²) in [6.45, 7) is 5.95. The van der Waals surface area contributed by atoms with Gasteiger partial charge in [0, 0.05) is 25.2 Å². The number of nitrogens with one attached hydrogen (secondary N) is 2. The molecule has 3 aromatic rings. The number of carbonyl (C=O) groups excluding carboxylic acids is 1. The lowest BCUT2D eigenvalue weighted by Crippen LogP contribution is -2.54. The van der Waals surface area contributed by atoms with Gasteiger partial charge in [0.05, 0.1) is 16.1 Å². The molecule has 0 radical (unpaired) electrons. The van der Waals surface area contributed by atoms with Crippen molar-refractivity contribution in [3.05, 3.63) is 107 Å². The second-order valence-corrected chi connectivity index (χ2v) is 17.8. The third-order valence-corrected chi connectivity index (χ3v) is 14.9. The van der Waals surface area contributed by atoms with Crippen molar-refractivity contribution in [2.45, 2.75) is 78.7 Å². The smallest absolute Gasteiger partial charge is 0.243 e. The molecule has 1 amide bonds. The van der Waals surface area contributed by atoms with Crippen LogP contribution in [0.25, 0.3) is 0 Å². The van der Waals surface area contributed by atoms with Crippen molar-refractivity contribution < 1.29 is 35.1 Å². The number of rotatable bonds is 10. The summed E-state index contributed by atoms with van der Waals surface area (Å²) in [5.74, 6) is -0.792. The molecule has 5 rings (SSSR count). The van der Waals surface area contributed by atoms with Crippen molar-refractivity contribution in [1.82, 2.24) is 10.6 Å². The summed E-state index contributed by atoms with van der Waals surface area (Å²) < 4.78 is 95.5. The molecule has 4 N–H and O–H groups in total. The Morgan fingerprint density at radius 1 is 0.812 bits per heavy atom. The Kier molecular flexibility index (Phi) is 10.5. The number of sulfone groups is 2. The number of carbonyl (C=O) groups is 1. The number of nitrogens with two attached hydrogens (primary N) is 1. The lowest BCUT2D eigenvalue weighted by molar-refractivity contribution is -0.128. The first-order valence-corrected chi connectivity index (χ1v) is 19.2. The zero-order valence-corrected chi connectivity index (χ0v) is 29.0. The van der Waals surface area contributed by atoms with E-state index >= 15 is 8.78 Å². The van der Waals surface area contributed by atoms with Gasteiger partial charge < -0.3 is 21.1 Å². The van der Waals surface area contributed by atoms with E-state index in [1.54, 1.807) is 74.5 Å². The summed E-state index contributed by atoms with van der Waals surface area (Å²) in [7, 11) is -8.19. The van der Waals surface area contributed by atoms with E-state index in [1.807, 2.05) is 0 Å². The first-order chi connectivity index (χ1) is 22.6. The van der Waals surface area contributed by atoms with Crippen molar-refractivity contribution in [2.75, 3.05) is 19.7 Å². The monoisotopic (exact) mass is 703 g/mol. The fourth-order valence-electron chi connectivity index (χ4n) is 6.99. The van der Waals surface area contributed by atoms with Gasteiger partial charge in [-0.3, -0.25) is 4.79 Å².